The number of hydrogen-bond donors (Lipinski definition) is 1. The van der Waals surface area contributed by atoms with Crippen LogP contribution >= 0.6 is 0 Å². The Balaban J connectivity index is 2.15. The first-order valence-corrected chi connectivity index (χ1v) is 7.39. The van der Waals surface area contributed by atoms with Gasteiger partial charge in [0.2, 0.25) is 0 Å². The Labute approximate surface area is 114 Å². The Hall–Kier alpha value is -0.960. The quantitative estimate of drug-likeness (QED) is 0.795. The zero-order chi connectivity index (χ0) is 13.7. The van der Waals surface area contributed by atoms with Gasteiger partial charge < -0.3 is 5.32 Å². The standard InChI is InChI=1S/C16H23F2N/c1-2-10-19-15(11-12-6-3-4-7-12)16-13(17)8-5-9-14(16)18/h5,8-9,12,15,19H,2-4,6-7,10-11H2,1H3. The molecule has 1 atom stereocenters. The summed E-state index contributed by atoms with van der Waals surface area (Å²) in [7, 11) is 0. The summed E-state index contributed by atoms with van der Waals surface area (Å²) in [5.41, 5.74) is 0.225. The molecular weight excluding hydrogens is 244 g/mol. The van der Waals surface area contributed by atoms with Crippen molar-refractivity contribution in [3.05, 3.63) is 35.4 Å². The maximum absolute atomic E-state index is 13.9. The van der Waals surface area contributed by atoms with E-state index in [4.69, 9.17) is 0 Å². The fourth-order valence-electron chi connectivity index (χ4n) is 3.04. The molecule has 1 N–H and O–H groups in total. The highest BCUT2D eigenvalue weighted by atomic mass is 19.1. The predicted molar refractivity (Wildman–Crippen MR) is 74.0 cm³/mol. The van der Waals surface area contributed by atoms with Crippen LogP contribution in [0, 0.1) is 17.6 Å². The molecule has 1 aromatic carbocycles. The fraction of sp³-hybridized carbons (Fsp3) is 0.625. The second-order valence-electron chi connectivity index (χ2n) is 5.53. The maximum atomic E-state index is 13.9. The molecule has 1 nitrogen and oxygen atoms in total. The van der Waals surface area contributed by atoms with Crippen molar-refractivity contribution in [1.82, 2.24) is 5.32 Å². The zero-order valence-electron chi connectivity index (χ0n) is 11.6. The fourth-order valence-corrected chi connectivity index (χ4v) is 3.04. The van der Waals surface area contributed by atoms with E-state index in [1.54, 1.807) is 0 Å². The van der Waals surface area contributed by atoms with Crippen molar-refractivity contribution in [3.63, 3.8) is 0 Å². The number of halogens is 2. The van der Waals surface area contributed by atoms with E-state index in [1.807, 2.05) is 0 Å². The van der Waals surface area contributed by atoms with E-state index in [0.29, 0.717) is 5.92 Å². The van der Waals surface area contributed by atoms with Crippen LogP contribution < -0.4 is 5.32 Å². The largest absolute Gasteiger partial charge is 0.310 e. The van der Waals surface area contributed by atoms with Gasteiger partial charge >= 0.3 is 0 Å². The highest BCUT2D eigenvalue weighted by Gasteiger charge is 2.25. The molecule has 1 aliphatic carbocycles. The number of hydrogen-bond acceptors (Lipinski definition) is 1. The smallest absolute Gasteiger partial charge is 0.130 e. The van der Waals surface area contributed by atoms with Crippen molar-refractivity contribution in [2.45, 2.75) is 51.5 Å². The lowest BCUT2D eigenvalue weighted by atomic mass is 9.93. The highest BCUT2D eigenvalue weighted by Crippen LogP contribution is 2.34. The van der Waals surface area contributed by atoms with Crippen LogP contribution in [0.3, 0.4) is 0 Å². The van der Waals surface area contributed by atoms with Crippen molar-refractivity contribution < 1.29 is 8.78 Å². The number of nitrogens with one attached hydrogen (secondary N) is 1. The Morgan fingerprint density at radius 1 is 1.21 bits per heavy atom. The number of benzene rings is 1. The summed E-state index contributed by atoms with van der Waals surface area (Å²) in [5.74, 6) is -0.244. The Morgan fingerprint density at radius 2 is 1.84 bits per heavy atom. The molecule has 1 unspecified atom stereocenters. The van der Waals surface area contributed by atoms with Gasteiger partial charge in [0.05, 0.1) is 0 Å². The molecule has 1 aromatic rings. The summed E-state index contributed by atoms with van der Waals surface area (Å²) in [6.07, 6.45) is 6.71. The third-order valence-electron chi connectivity index (χ3n) is 4.03. The summed E-state index contributed by atoms with van der Waals surface area (Å²) in [4.78, 5) is 0. The maximum Gasteiger partial charge on any atom is 0.130 e. The van der Waals surface area contributed by atoms with Crippen molar-refractivity contribution in [2.75, 3.05) is 6.54 Å². The van der Waals surface area contributed by atoms with Crippen molar-refractivity contribution in [3.8, 4) is 0 Å². The van der Waals surface area contributed by atoms with Gasteiger partial charge in [0.1, 0.15) is 11.6 Å². The van der Waals surface area contributed by atoms with Crippen molar-refractivity contribution >= 4 is 0 Å². The lowest BCUT2D eigenvalue weighted by molar-refractivity contribution is 0.374. The van der Waals surface area contributed by atoms with Gasteiger partial charge in [-0.2, -0.15) is 0 Å². The van der Waals surface area contributed by atoms with Crippen molar-refractivity contribution in [1.29, 1.82) is 0 Å². The molecule has 2 rings (SSSR count). The van der Waals surface area contributed by atoms with Gasteiger partial charge in [-0.05, 0) is 37.4 Å². The first-order chi connectivity index (χ1) is 9.22. The van der Waals surface area contributed by atoms with Crippen LogP contribution in [0.2, 0.25) is 0 Å². The Morgan fingerprint density at radius 3 is 2.42 bits per heavy atom. The molecule has 3 heteroatoms. The molecule has 1 aliphatic rings. The van der Waals surface area contributed by atoms with Gasteiger partial charge in [-0.15, -0.1) is 0 Å². The molecule has 1 saturated carbocycles. The van der Waals surface area contributed by atoms with Crippen LogP contribution in [0.4, 0.5) is 8.78 Å². The Bertz CT molecular complexity index is 379. The molecule has 0 radical (unpaired) electrons. The van der Waals surface area contributed by atoms with Gasteiger partial charge in [0, 0.05) is 11.6 Å². The normalized spacial score (nSPS) is 17.8. The third-order valence-corrected chi connectivity index (χ3v) is 4.03. The van der Waals surface area contributed by atoms with E-state index in [2.05, 4.69) is 12.2 Å². The monoisotopic (exact) mass is 267 g/mol. The molecule has 19 heavy (non-hydrogen) atoms. The first kappa shape index (κ1) is 14.4. The van der Waals surface area contributed by atoms with Gasteiger partial charge in [0.25, 0.3) is 0 Å². The highest BCUT2D eigenvalue weighted by molar-refractivity contribution is 5.23. The van der Waals surface area contributed by atoms with Crippen LogP contribution in [-0.2, 0) is 0 Å². The molecule has 0 heterocycles. The van der Waals surface area contributed by atoms with E-state index in [9.17, 15) is 8.78 Å². The summed E-state index contributed by atoms with van der Waals surface area (Å²) in [6.45, 7) is 2.86. The molecule has 0 saturated heterocycles. The molecule has 0 bridgehead atoms. The minimum Gasteiger partial charge on any atom is -0.310 e. The van der Waals surface area contributed by atoms with E-state index < -0.39 is 11.6 Å². The summed E-state index contributed by atoms with van der Waals surface area (Å²) in [5, 5.41) is 3.31. The van der Waals surface area contributed by atoms with Gasteiger partial charge in [-0.3, -0.25) is 0 Å². The van der Waals surface area contributed by atoms with Crippen molar-refractivity contribution in [2.24, 2.45) is 5.92 Å². The molecule has 0 aromatic heterocycles. The van der Waals surface area contributed by atoms with E-state index in [1.165, 1.54) is 43.9 Å². The molecule has 0 amide bonds. The molecule has 0 spiro atoms. The van der Waals surface area contributed by atoms with E-state index >= 15 is 0 Å². The summed E-state index contributed by atoms with van der Waals surface area (Å²) in [6, 6.07) is 3.95. The van der Waals surface area contributed by atoms with Gasteiger partial charge in [-0.25, -0.2) is 8.78 Å². The molecule has 0 aliphatic heterocycles. The lowest BCUT2D eigenvalue weighted by Crippen LogP contribution is -2.26. The topological polar surface area (TPSA) is 12.0 Å². The minimum atomic E-state index is -0.424. The average Bonchev–Trinajstić information content (AvgIpc) is 2.88. The van der Waals surface area contributed by atoms with Crippen LogP contribution in [0.1, 0.15) is 57.1 Å². The van der Waals surface area contributed by atoms with Crippen LogP contribution in [0.5, 0.6) is 0 Å². The Kier molecular flexibility index (Phi) is 5.32. The summed E-state index contributed by atoms with van der Waals surface area (Å²) < 4.78 is 27.8. The minimum absolute atomic E-state index is 0.191. The SMILES string of the molecule is CCCNC(CC1CCCC1)c1c(F)cccc1F. The van der Waals surface area contributed by atoms with E-state index in [-0.39, 0.29) is 11.6 Å². The number of rotatable bonds is 6. The molecule has 106 valence electrons. The molecule has 1 fully saturated rings. The summed E-state index contributed by atoms with van der Waals surface area (Å²) >= 11 is 0. The van der Waals surface area contributed by atoms with Gasteiger partial charge in [-0.1, -0.05) is 38.7 Å². The first-order valence-electron chi connectivity index (χ1n) is 7.39. The molecular formula is C16H23F2N. The van der Waals surface area contributed by atoms with Crippen LogP contribution in [0.25, 0.3) is 0 Å². The second kappa shape index (κ2) is 6.99. The third kappa shape index (κ3) is 3.75. The van der Waals surface area contributed by atoms with Crippen LogP contribution in [0.15, 0.2) is 18.2 Å². The second-order valence-corrected chi connectivity index (χ2v) is 5.53. The van der Waals surface area contributed by atoms with Gasteiger partial charge in [0.15, 0.2) is 0 Å². The zero-order valence-corrected chi connectivity index (χ0v) is 11.6. The lowest BCUT2D eigenvalue weighted by Gasteiger charge is -2.23. The average molecular weight is 267 g/mol. The van der Waals surface area contributed by atoms with E-state index in [0.717, 1.165) is 19.4 Å². The van der Waals surface area contributed by atoms with Crippen LogP contribution in [-0.4, -0.2) is 6.54 Å². The predicted octanol–water partition coefficient (Wildman–Crippen LogP) is 4.59.